The summed E-state index contributed by atoms with van der Waals surface area (Å²) in [5, 5.41) is 12.8. The lowest BCUT2D eigenvalue weighted by Gasteiger charge is -2.08. The van der Waals surface area contributed by atoms with Crippen LogP contribution in [0.4, 0.5) is 5.69 Å². The monoisotopic (exact) mass is 266 g/mol. The van der Waals surface area contributed by atoms with Crippen LogP contribution in [0.1, 0.15) is 31.7 Å². The molecule has 0 saturated carbocycles. The molecule has 0 amide bonds. The topological polar surface area (TPSA) is 45.0 Å². The molecular formula is C14H19ClN2O. The van der Waals surface area contributed by atoms with Gasteiger partial charge in [-0.1, -0.05) is 24.9 Å². The molecule has 1 aromatic rings. The summed E-state index contributed by atoms with van der Waals surface area (Å²) in [7, 11) is 0. The molecular weight excluding hydrogens is 248 g/mol. The van der Waals surface area contributed by atoms with Crippen molar-refractivity contribution in [2.75, 3.05) is 25.1 Å². The number of rotatable bonds is 8. The van der Waals surface area contributed by atoms with Gasteiger partial charge in [0.15, 0.2) is 0 Å². The molecule has 1 aromatic carbocycles. The molecule has 0 fully saturated rings. The number of unbranched alkanes of at least 4 members (excludes halogenated alkanes) is 1. The van der Waals surface area contributed by atoms with Gasteiger partial charge in [0.05, 0.1) is 11.3 Å². The van der Waals surface area contributed by atoms with Crippen LogP contribution in [0.5, 0.6) is 0 Å². The number of hydrogen-bond acceptors (Lipinski definition) is 3. The van der Waals surface area contributed by atoms with Crippen LogP contribution >= 0.6 is 11.6 Å². The van der Waals surface area contributed by atoms with Gasteiger partial charge in [0.2, 0.25) is 0 Å². The number of ether oxygens (including phenoxy) is 1. The minimum atomic E-state index is 0.617. The van der Waals surface area contributed by atoms with Crippen molar-refractivity contribution < 1.29 is 4.74 Å². The Hall–Kier alpha value is -1.24. The molecule has 1 N–H and O–H groups in total. The first kappa shape index (κ1) is 14.8. The van der Waals surface area contributed by atoms with Crippen LogP contribution in [0.25, 0.3) is 0 Å². The number of hydrogen-bond donors (Lipinski definition) is 1. The summed E-state index contributed by atoms with van der Waals surface area (Å²) in [5.41, 5.74) is 1.41. The highest BCUT2D eigenvalue weighted by molar-refractivity contribution is 6.30. The maximum Gasteiger partial charge on any atom is 0.101 e. The normalized spacial score (nSPS) is 10.1. The van der Waals surface area contributed by atoms with Crippen LogP contribution < -0.4 is 5.32 Å². The molecule has 0 radical (unpaired) electrons. The van der Waals surface area contributed by atoms with E-state index in [4.69, 9.17) is 21.6 Å². The Morgan fingerprint density at radius 3 is 2.83 bits per heavy atom. The van der Waals surface area contributed by atoms with Gasteiger partial charge in [-0.05, 0) is 31.0 Å². The van der Waals surface area contributed by atoms with Gasteiger partial charge < -0.3 is 10.1 Å². The Bertz CT molecular complexity index is 401. The van der Waals surface area contributed by atoms with Gasteiger partial charge in [-0.15, -0.1) is 0 Å². The third kappa shape index (κ3) is 5.39. The second-order valence-corrected chi connectivity index (χ2v) is 4.48. The molecule has 3 nitrogen and oxygen atoms in total. The first-order valence-corrected chi connectivity index (χ1v) is 6.67. The Kier molecular flexibility index (Phi) is 7.24. The van der Waals surface area contributed by atoms with E-state index in [1.165, 1.54) is 0 Å². The molecule has 0 aliphatic rings. The SMILES string of the molecule is CCCCOCCCNc1cc(Cl)ccc1C#N. The van der Waals surface area contributed by atoms with Crippen LogP contribution in [-0.2, 0) is 4.74 Å². The van der Waals surface area contributed by atoms with Crippen molar-refractivity contribution in [3.63, 3.8) is 0 Å². The number of benzene rings is 1. The predicted molar refractivity (Wildman–Crippen MR) is 75.0 cm³/mol. The van der Waals surface area contributed by atoms with E-state index in [0.29, 0.717) is 10.6 Å². The fraction of sp³-hybridized carbons (Fsp3) is 0.500. The van der Waals surface area contributed by atoms with Crippen molar-refractivity contribution in [3.8, 4) is 6.07 Å². The average molecular weight is 267 g/mol. The predicted octanol–water partition coefficient (Wildman–Crippen LogP) is 3.83. The number of anilines is 1. The van der Waals surface area contributed by atoms with Crippen LogP contribution in [-0.4, -0.2) is 19.8 Å². The van der Waals surface area contributed by atoms with Crippen molar-refractivity contribution in [2.24, 2.45) is 0 Å². The molecule has 0 aromatic heterocycles. The molecule has 0 unspecified atom stereocenters. The average Bonchev–Trinajstić information content (AvgIpc) is 2.38. The van der Waals surface area contributed by atoms with Gasteiger partial charge >= 0.3 is 0 Å². The molecule has 0 atom stereocenters. The number of nitrogens with one attached hydrogen (secondary N) is 1. The van der Waals surface area contributed by atoms with Gasteiger partial charge in [0.25, 0.3) is 0 Å². The highest BCUT2D eigenvalue weighted by atomic mass is 35.5. The molecule has 0 spiro atoms. The van der Waals surface area contributed by atoms with Crippen LogP contribution in [0.15, 0.2) is 18.2 Å². The van der Waals surface area contributed by atoms with Crippen molar-refractivity contribution >= 4 is 17.3 Å². The van der Waals surface area contributed by atoms with E-state index in [-0.39, 0.29) is 0 Å². The van der Waals surface area contributed by atoms with Crippen molar-refractivity contribution in [1.82, 2.24) is 0 Å². The van der Waals surface area contributed by atoms with Gasteiger partial charge in [-0.2, -0.15) is 5.26 Å². The zero-order chi connectivity index (χ0) is 13.2. The second kappa shape index (κ2) is 8.79. The molecule has 18 heavy (non-hydrogen) atoms. The third-order valence-electron chi connectivity index (χ3n) is 2.53. The van der Waals surface area contributed by atoms with E-state index < -0.39 is 0 Å². The van der Waals surface area contributed by atoms with E-state index in [9.17, 15) is 0 Å². The van der Waals surface area contributed by atoms with Gasteiger partial charge in [0.1, 0.15) is 6.07 Å². The summed E-state index contributed by atoms with van der Waals surface area (Å²) in [6.07, 6.45) is 3.19. The number of halogens is 1. The van der Waals surface area contributed by atoms with Gasteiger partial charge in [-0.3, -0.25) is 0 Å². The summed E-state index contributed by atoms with van der Waals surface area (Å²) in [6, 6.07) is 7.36. The Balaban J connectivity index is 2.27. The van der Waals surface area contributed by atoms with E-state index in [1.807, 2.05) is 0 Å². The summed E-state index contributed by atoms with van der Waals surface area (Å²) < 4.78 is 5.46. The highest BCUT2D eigenvalue weighted by Gasteiger charge is 2.01. The largest absolute Gasteiger partial charge is 0.384 e. The quantitative estimate of drug-likeness (QED) is 0.728. The molecule has 0 aliphatic heterocycles. The molecule has 0 bridgehead atoms. The van der Waals surface area contributed by atoms with Crippen LogP contribution in [0, 0.1) is 11.3 Å². The highest BCUT2D eigenvalue weighted by Crippen LogP contribution is 2.20. The standard InChI is InChI=1S/C14H19ClN2O/c1-2-3-8-18-9-4-7-17-14-10-13(15)6-5-12(14)11-16/h5-6,10,17H,2-4,7-9H2,1H3. The summed E-state index contributed by atoms with van der Waals surface area (Å²) in [4.78, 5) is 0. The van der Waals surface area contributed by atoms with Gasteiger partial charge in [-0.25, -0.2) is 0 Å². The Morgan fingerprint density at radius 1 is 1.33 bits per heavy atom. The lowest BCUT2D eigenvalue weighted by Crippen LogP contribution is -2.07. The van der Waals surface area contributed by atoms with Gasteiger partial charge in [0, 0.05) is 24.8 Å². The smallest absolute Gasteiger partial charge is 0.101 e. The third-order valence-corrected chi connectivity index (χ3v) is 2.76. The zero-order valence-corrected chi connectivity index (χ0v) is 11.5. The maximum absolute atomic E-state index is 8.95. The second-order valence-electron chi connectivity index (χ2n) is 4.05. The Morgan fingerprint density at radius 2 is 2.11 bits per heavy atom. The lowest BCUT2D eigenvalue weighted by atomic mass is 10.2. The van der Waals surface area contributed by atoms with Crippen LogP contribution in [0.3, 0.4) is 0 Å². The van der Waals surface area contributed by atoms with E-state index in [0.717, 1.165) is 44.7 Å². The minimum Gasteiger partial charge on any atom is -0.384 e. The zero-order valence-electron chi connectivity index (χ0n) is 10.7. The molecule has 0 aliphatic carbocycles. The van der Waals surface area contributed by atoms with E-state index >= 15 is 0 Å². The van der Waals surface area contributed by atoms with Crippen LogP contribution in [0.2, 0.25) is 5.02 Å². The van der Waals surface area contributed by atoms with Crippen molar-refractivity contribution in [1.29, 1.82) is 5.26 Å². The van der Waals surface area contributed by atoms with Crippen molar-refractivity contribution in [3.05, 3.63) is 28.8 Å². The number of nitriles is 1. The van der Waals surface area contributed by atoms with E-state index in [2.05, 4.69) is 18.3 Å². The minimum absolute atomic E-state index is 0.617. The first-order chi connectivity index (χ1) is 8.77. The van der Waals surface area contributed by atoms with Crippen molar-refractivity contribution in [2.45, 2.75) is 26.2 Å². The van der Waals surface area contributed by atoms with E-state index in [1.54, 1.807) is 18.2 Å². The molecule has 0 saturated heterocycles. The lowest BCUT2D eigenvalue weighted by molar-refractivity contribution is 0.131. The Labute approximate surface area is 114 Å². The summed E-state index contributed by atoms with van der Waals surface area (Å²) in [6.45, 7) is 4.50. The summed E-state index contributed by atoms with van der Waals surface area (Å²) >= 11 is 5.90. The molecule has 98 valence electrons. The fourth-order valence-corrected chi connectivity index (χ4v) is 1.68. The summed E-state index contributed by atoms with van der Waals surface area (Å²) in [5.74, 6) is 0. The molecule has 4 heteroatoms. The maximum atomic E-state index is 8.95. The fourth-order valence-electron chi connectivity index (χ4n) is 1.51. The first-order valence-electron chi connectivity index (χ1n) is 6.29. The molecule has 1 rings (SSSR count). The molecule has 0 heterocycles. The number of nitrogens with zero attached hydrogens (tertiary/aromatic N) is 1.